The van der Waals surface area contributed by atoms with Gasteiger partial charge in [-0.3, -0.25) is 4.90 Å². The molecule has 2 fully saturated rings. The van der Waals surface area contributed by atoms with E-state index in [0.29, 0.717) is 11.8 Å². The molecule has 0 aliphatic carbocycles. The largest absolute Gasteiger partial charge is 0.497 e. The predicted octanol–water partition coefficient (Wildman–Crippen LogP) is 1.38. The Kier molecular flexibility index (Phi) is 7.35. The molecule has 27 heavy (non-hydrogen) atoms. The molecule has 0 spiro atoms. The number of hydrogen-bond acceptors (Lipinski definition) is 6. The fraction of sp³-hybridized carbons (Fsp3) is 0.714. The van der Waals surface area contributed by atoms with E-state index in [2.05, 4.69) is 33.9 Å². The predicted molar refractivity (Wildman–Crippen MR) is 107 cm³/mol. The number of methoxy groups -OCH3 is 2. The fourth-order valence-electron chi connectivity index (χ4n) is 4.41. The summed E-state index contributed by atoms with van der Waals surface area (Å²) < 4.78 is 10.8. The Morgan fingerprint density at radius 2 is 1.63 bits per heavy atom. The van der Waals surface area contributed by atoms with E-state index < -0.39 is 0 Å². The lowest BCUT2D eigenvalue weighted by molar-refractivity contribution is 0.165. The Morgan fingerprint density at radius 3 is 2.30 bits per heavy atom. The van der Waals surface area contributed by atoms with Crippen molar-refractivity contribution in [2.45, 2.75) is 13.0 Å². The topological polar surface area (TPSA) is 48.4 Å². The number of ether oxygens (including phenoxy) is 2. The molecule has 2 atom stereocenters. The molecular formula is C21H35N3O3. The molecule has 152 valence electrons. The van der Waals surface area contributed by atoms with Crippen molar-refractivity contribution < 1.29 is 14.6 Å². The molecule has 1 aromatic carbocycles. The van der Waals surface area contributed by atoms with Crippen LogP contribution in [0.25, 0.3) is 0 Å². The Labute approximate surface area is 163 Å². The second kappa shape index (κ2) is 9.73. The zero-order valence-electron chi connectivity index (χ0n) is 17.1. The third-order valence-electron chi connectivity index (χ3n) is 6.01. The number of aliphatic hydroxyl groups is 1. The summed E-state index contributed by atoms with van der Waals surface area (Å²) in [6.07, 6.45) is 1.24. The van der Waals surface area contributed by atoms with Gasteiger partial charge in [0.2, 0.25) is 0 Å². The number of benzene rings is 1. The zero-order valence-corrected chi connectivity index (χ0v) is 17.1. The lowest BCUT2D eigenvalue weighted by Gasteiger charge is -2.26. The van der Waals surface area contributed by atoms with Crippen LogP contribution < -0.4 is 9.47 Å². The van der Waals surface area contributed by atoms with Crippen molar-refractivity contribution in [3.8, 4) is 11.5 Å². The summed E-state index contributed by atoms with van der Waals surface area (Å²) in [4.78, 5) is 7.47. The molecule has 0 radical (unpaired) electrons. The van der Waals surface area contributed by atoms with Crippen LogP contribution in [0.1, 0.15) is 12.0 Å². The molecule has 1 aromatic rings. The standard InChI is InChI=1S/C21H35N3O3/c1-22-5-4-6-23(8-7-22)13-18-14-24(15-19(18)16-25)12-17-9-20(26-2)11-21(10-17)27-3/h9-11,18-19,25H,4-8,12-16H2,1-3H3/t18-,19-/m1/s1. The molecule has 0 aromatic heterocycles. The van der Waals surface area contributed by atoms with Crippen LogP contribution >= 0.6 is 0 Å². The minimum absolute atomic E-state index is 0.274. The van der Waals surface area contributed by atoms with Gasteiger partial charge in [-0.1, -0.05) is 0 Å². The van der Waals surface area contributed by atoms with Crippen LogP contribution in [0.5, 0.6) is 11.5 Å². The molecule has 6 heteroatoms. The highest BCUT2D eigenvalue weighted by atomic mass is 16.5. The Bertz CT molecular complexity index is 576. The summed E-state index contributed by atoms with van der Waals surface area (Å²) in [5, 5.41) is 9.92. The van der Waals surface area contributed by atoms with Crippen molar-refractivity contribution in [1.82, 2.24) is 14.7 Å². The minimum Gasteiger partial charge on any atom is -0.497 e. The number of likely N-dealkylation sites (N-methyl/N-ethyl adjacent to an activating group) is 1. The van der Waals surface area contributed by atoms with E-state index in [9.17, 15) is 5.11 Å². The highest BCUT2D eigenvalue weighted by molar-refractivity contribution is 5.38. The number of hydrogen-bond donors (Lipinski definition) is 1. The van der Waals surface area contributed by atoms with Gasteiger partial charge in [0, 0.05) is 51.9 Å². The summed E-state index contributed by atoms with van der Waals surface area (Å²) in [5.41, 5.74) is 1.19. The molecule has 2 saturated heterocycles. The zero-order chi connectivity index (χ0) is 19.2. The lowest BCUT2D eigenvalue weighted by Crippen LogP contribution is -2.36. The maximum absolute atomic E-state index is 9.92. The summed E-state index contributed by atoms with van der Waals surface area (Å²) >= 11 is 0. The van der Waals surface area contributed by atoms with Gasteiger partial charge in [0.15, 0.2) is 0 Å². The van der Waals surface area contributed by atoms with E-state index >= 15 is 0 Å². The maximum atomic E-state index is 9.92. The van der Waals surface area contributed by atoms with E-state index in [1.165, 1.54) is 25.1 Å². The van der Waals surface area contributed by atoms with Crippen LogP contribution in [0.15, 0.2) is 18.2 Å². The van der Waals surface area contributed by atoms with Gasteiger partial charge < -0.3 is 24.4 Å². The van der Waals surface area contributed by atoms with E-state index in [1.54, 1.807) is 14.2 Å². The average Bonchev–Trinajstić information content (AvgIpc) is 2.94. The number of nitrogens with zero attached hydrogens (tertiary/aromatic N) is 3. The van der Waals surface area contributed by atoms with E-state index in [4.69, 9.17) is 9.47 Å². The molecule has 0 bridgehead atoms. The summed E-state index contributed by atoms with van der Waals surface area (Å²) in [7, 11) is 5.58. The Morgan fingerprint density at radius 1 is 0.926 bits per heavy atom. The first kappa shape index (κ1) is 20.4. The van der Waals surface area contributed by atoms with Crippen LogP contribution in [-0.4, -0.2) is 93.5 Å². The van der Waals surface area contributed by atoms with Crippen LogP contribution in [0.3, 0.4) is 0 Å². The summed E-state index contributed by atoms with van der Waals surface area (Å²) in [6, 6.07) is 6.06. The van der Waals surface area contributed by atoms with Crippen molar-refractivity contribution >= 4 is 0 Å². The van der Waals surface area contributed by atoms with E-state index in [1.807, 2.05) is 6.07 Å². The third kappa shape index (κ3) is 5.57. The van der Waals surface area contributed by atoms with Crippen molar-refractivity contribution in [2.75, 3.05) is 73.7 Å². The van der Waals surface area contributed by atoms with Gasteiger partial charge in [-0.15, -0.1) is 0 Å². The van der Waals surface area contributed by atoms with Crippen LogP contribution in [-0.2, 0) is 6.54 Å². The maximum Gasteiger partial charge on any atom is 0.122 e. The monoisotopic (exact) mass is 377 g/mol. The van der Waals surface area contributed by atoms with E-state index in [-0.39, 0.29) is 6.61 Å². The molecule has 3 rings (SSSR count). The van der Waals surface area contributed by atoms with Crippen molar-refractivity contribution in [1.29, 1.82) is 0 Å². The van der Waals surface area contributed by atoms with Crippen molar-refractivity contribution in [3.05, 3.63) is 23.8 Å². The van der Waals surface area contributed by atoms with Crippen LogP contribution in [0, 0.1) is 11.8 Å². The normalized spacial score (nSPS) is 25.5. The Balaban J connectivity index is 1.60. The fourth-order valence-corrected chi connectivity index (χ4v) is 4.41. The molecule has 0 unspecified atom stereocenters. The Hall–Kier alpha value is -1.34. The molecule has 2 aliphatic rings. The molecular weight excluding hydrogens is 342 g/mol. The summed E-state index contributed by atoms with van der Waals surface area (Å²) in [6.45, 7) is 8.87. The van der Waals surface area contributed by atoms with Gasteiger partial charge in [-0.25, -0.2) is 0 Å². The molecule has 1 N–H and O–H groups in total. The average molecular weight is 378 g/mol. The van der Waals surface area contributed by atoms with Gasteiger partial charge in [-0.05, 0) is 56.1 Å². The highest BCUT2D eigenvalue weighted by Crippen LogP contribution is 2.28. The summed E-state index contributed by atoms with van der Waals surface area (Å²) in [5.74, 6) is 2.55. The minimum atomic E-state index is 0.274. The first-order valence-electron chi connectivity index (χ1n) is 10.1. The molecule has 0 amide bonds. The third-order valence-corrected chi connectivity index (χ3v) is 6.01. The molecule has 6 nitrogen and oxygen atoms in total. The van der Waals surface area contributed by atoms with Crippen LogP contribution in [0.2, 0.25) is 0 Å². The van der Waals surface area contributed by atoms with Crippen LogP contribution in [0.4, 0.5) is 0 Å². The second-order valence-corrected chi connectivity index (χ2v) is 8.08. The van der Waals surface area contributed by atoms with Gasteiger partial charge in [0.05, 0.1) is 14.2 Å². The smallest absolute Gasteiger partial charge is 0.122 e. The highest BCUT2D eigenvalue weighted by Gasteiger charge is 2.33. The number of likely N-dealkylation sites (tertiary alicyclic amines) is 1. The van der Waals surface area contributed by atoms with Gasteiger partial charge in [0.25, 0.3) is 0 Å². The molecule has 0 saturated carbocycles. The SMILES string of the molecule is COc1cc(CN2C[C@@H](CN3CCCN(C)CC3)[C@@H](CO)C2)cc(OC)c1. The molecule has 2 heterocycles. The van der Waals surface area contributed by atoms with E-state index in [0.717, 1.165) is 50.8 Å². The number of rotatable bonds is 7. The van der Waals surface area contributed by atoms with Crippen molar-refractivity contribution in [3.63, 3.8) is 0 Å². The van der Waals surface area contributed by atoms with Gasteiger partial charge >= 0.3 is 0 Å². The first-order valence-corrected chi connectivity index (χ1v) is 10.1. The second-order valence-electron chi connectivity index (χ2n) is 8.08. The lowest BCUT2D eigenvalue weighted by atomic mass is 9.96. The number of aliphatic hydroxyl groups excluding tert-OH is 1. The van der Waals surface area contributed by atoms with Crippen molar-refractivity contribution in [2.24, 2.45) is 11.8 Å². The van der Waals surface area contributed by atoms with Gasteiger partial charge in [0.1, 0.15) is 11.5 Å². The van der Waals surface area contributed by atoms with Gasteiger partial charge in [-0.2, -0.15) is 0 Å². The molecule has 2 aliphatic heterocycles. The first-order chi connectivity index (χ1) is 13.1. The quantitative estimate of drug-likeness (QED) is 0.775.